The number of fused-ring (bicyclic) bond motifs is 1. The zero-order chi connectivity index (χ0) is 16.3. The number of nitrogens with zero attached hydrogens (tertiary/aromatic N) is 2. The number of halogens is 1. The fourth-order valence-corrected chi connectivity index (χ4v) is 2.03. The first-order chi connectivity index (χ1) is 10.4. The Hall–Kier alpha value is -2.86. The third-order valence-electron chi connectivity index (χ3n) is 2.83. The van der Waals surface area contributed by atoms with Crippen LogP contribution in [0.1, 0.15) is 15.9 Å². The van der Waals surface area contributed by atoms with Gasteiger partial charge in [0.25, 0.3) is 5.91 Å². The van der Waals surface area contributed by atoms with E-state index in [2.05, 4.69) is 16.5 Å². The van der Waals surface area contributed by atoms with Crippen molar-refractivity contribution in [1.82, 2.24) is 9.97 Å². The minimum atomic E-state index is -0.671. The molecule has 1 aromatic heterocycles. The number of aliphatic hydroxyl groups is 1. The lowest BCUT2D eigenvalue weighted by Gasteiger charge is -2.09. The molecule has 0 radical (unpaired) electrons. The number of nitrogen functional groups attached to an aromatic ring is 1. The van der Waals surface area contributed by atoms with Crippen molar-refractivity contribution in [2.45, 2.75) is 0 Å². The molecule has 0 aliphatic carbocycles. The fourth-order valence-electron chi connectivity index (χ4n) is 1.86. The first-order valence-electron chi connectivity index (χ1n) is 6.16. The highest BCUT2D eigenvalue weighted by Crippen LogP contribution is 2.28. The highest BCUT2D eigenvalue weighted by Gasteiger charge is 2.14. The van der Waals surface area contributed by atoms with Crippen LogP contribution in [0.2, 0.25) is 0 Å². The van der Waals surface area contributed by atoms with Gasteiger partial charge in [-0.3, -0.25) is 14.8 Å². The average molecular weight is 317 g/mol. The number of amides is 1. The Morgan fingerprint density at radius 3 is 2.64 bits per heavy atom. The first kappa shape index (κ1) is 15.5. The molecule has 2 rings (SSSR count). The summed E-state index contributed by atoms with van der Waals surface area (Å²) in [5.41, 5.74) is 13.0. The summed E-state index contributed by atoms with van der Waals surface area (Å²) in [6.45, 7) is 3.31. The number of hydrogen-bond donors (Lipinski definition) is 3. The van der Waals surface area contributed by atoms with Gasteiger partial charge in [0.2, 0.25) is 0 Å². The van der Waals surface area contributed by atoms with Crippen molar-refractivity contribution in [1.29, 1.82) is 0 Å². The molecule has 0 aliphatic rings. The van der Waals surface area contributed by atoms with Gasteiger partial charge in [0.15, 0.2) is 0 Å². The monoisotopic (exact) mass is 316 g/mol. The van der Waals surface area contributed by atoms with Crippen LogP contribution in [0.25, 0.3) is 17.1 Å². The van der Waals surface area contributed by atoms with Gasteiger partial charge in [0, 0.05) is 23.0 Å². The lowest BCUT2D eigenvalue weighted by molar-refractivity contribution is 0.100. The largest absolute Gasteiger partial charge is 0.509 e. The molecule has 6 nitrogen and oxygen atoms in total. The van der Waals surface area contributed by atoms with Crippen LogP contribution in [0.15, 0.2) is 48.0 Å². The van der Waals surface area contributed by atoms with E-state index in [9.17, 15) is 4.79 Å². The van der Waals surface area contributed by atoms with Crippen molar-refractivity contribution in [3.05, 3.63) is 59.1 Å². The first-order valence-corrected chi connectivity index (χ1v) is 6.54. The number of nitrogens with two attached hydrogens (primary N) is 2. The summed E-state index contributed by atoms with van der Waals surface area (Å²) in [4.78, 5) is 19.8. The minimum absolute atomic E-state index is 0.138. The molecular formula is C15H13ClN4O2. The van der Waals surface area contributed by atoms with Gasteiger partial charge in [0.1, 0.15) is 5.76 Å². The number of aromatic nitrogens is 2. The number of rotatable bonds is 4. The standard InChI is InChI=1S/C15H13ClN4O2/c1-8(21)2-3-9(16)6-10-13(17)11(15(18)22)7-12-14(10)20-5-4-19-12/h2-7,21H,1,17H2,(H2,18,22)/b3-2-,9-6-. The van der Waals surface area contributed by atoms with Crippen molar-refractivity contribution in [2.75, 3.05) is 5.73 Å². The molecule has 0 spiro atoms. The molecule has 0 atom stereocenters. The molecular weight excluding hydrogens is 304 g/mol. The van der Waals surface area contributed by atoms with Crippen molar-refractivity contribution >= 4 is 40.3 Å². The number of carbonyl (C=O) groups excluding carboxylic acids is 1. The van der Waals surface area contributed by atoms with E-state index in [1.54, 1.807) is 0 Å². The van der Waals surface area contributed by atoms with Crippen molar-refractivity contribution < 1.29 is 9.90 Å². The average Bonchev–Trinajstić information content (AvgIpc) is 2.47. The number of allylic oxidation sites excluding steroid dienone is 3. The summed E-state index contributed by atoms with van der Waals surface area (Å²) in [5.74, 6) is -0.815. The van der Waals surface area contributed by atoms with Crippen LogP contribution in [0.5, 0.6) is 0 Å². The summed E-state index contributed by atoms with van der Waals surface area (Å²) >= 11 is 6.07. The Bertz CT molecular complexity index is 828. The Balaban J connectivity index is 2.70. The maximum Gasteiger partial charge on any atom is 0.250 e. The van der Waals surface area contributed by atoms with Crippen LogP contribution in [-0.2, 0) is 0 Å². The Labute approximate surface area is 131 Å². The normalized spacial score (nSPS) is 12.0. The Kier molecular flexibility index (Phi) is 4.43. The summed E-state index contributed by atoms with van der Waals surface area (Å²) in [6, 6.07) is 1.48. The van der Waals surface area contributed by atoms with E-state index in [0.717, 1.165) is 0 Å². The van der Waals surface area contributed by atoms with Crippen LogP contribution in [0.3, 0.4) is 0 Å². The topological polar surface area (TPSA) is 115 Å². The molecule has 5 N–H and O–H groups in total. The number of primary amides is 1. The summed E-state index contributed by atoms with van der Waals surface area (Å²) in [5, 5.41) is 9.29. The molecule has 0 bridgehead atoms. The molecule has 0 saturated heterocycles. The lowest BCUT2D eigenvalue weighted by Crippen LogP contribution is -2.14. The zero-order valence-electron chi connectivity index (χ0n) is 11.5. The maximum absolute atomic E-state index is 11.5. The van der Waals surface area contributed by atoms with Gasteiger partial charge in [0.05, 0.1) is 22.3 Å². The molecule has 1 amide bonds. The van der Waals surface area contributed by atoms with Crippen LogP contribution in [0, 0.1) is 0 Å². The number of anilines is 1. The number of aliphatic hydroxyl groups excluding tert-OH is 1. The predicted octanol–water partition coefficient (Wildman–Crippen LogP) is 2.52. The van der Waals surface area contributed by atoms with E-state index in [-0.39, 0.29) is 22.0 Å². The van der Waals surface area contributed by atoms with Crippen molar-refractivity contribution in [2.24, 2.45) is 5.73 Å². The van der Waals surface area contributed by atoms with E-state index < -0.39 is 5.91 Å². The third-order valence-corrected chi connectivity index (χ3v) is 3.06. The summed E-state index contributed by atoms with van der Waals surface area (Å²) in [6.07, 6.45) is 7.26. The van der Waals surface area contributed by atoms with E-state index in [0.29, 0.717) is 16.6 Å². The van der Waals surface area contributed by atoms with Crippen LogP contribution >= 0.6 is 11.6 Å². The van der Waals surface area contributed by atoms with Gasteiger partial charge >= 0.3 is 0 Å². The molecule has 0 fully saturated rings. The fraction of sp³-hybridized carbons (Fsp3) is 0. The lowest BCUT2D eigenvalue weighted by atomic mass is 10.0. The molecule has 22 heavy (non-hydrogen) atoms. The quantitative estimate of drug-likeness (QED) is 0.455. The highest BCUT2D eigenvalue weighted by molar-refractivity contribution is 6.33. The second kappa shape index (κ2) is 6.28. The number of hydrogen-bond acceptors (Lipinski definition) is 5. The van der Waals surface area contributed by atoms with E-state index in [1.165, 1.54) is 36.7 Å². The summed E-state index contributed by atoms with van der Waals surface area (Å²) in [7, 11) is 0. The van der Waals surface area contributed by atoms with E-state index >= 15 is 0 Å². The van der Waals surface area contributed by atoms with Gasteiger partial charge in [-0.2, -0.15) is 0 Å². The van der Waals surface area contributed by atoms with Crippen LogP contribution in [-0.4, -0.2) is 21.0 Å². The van der Waals surface area contributed by atoms with E-state index in [1.807, 2.05) is 0 Å². The van der Waals surface area contributed by atoms with Gasteiger partial charge in [-0.15, -0.1) is 0 Å². The Morgan fingerprint density at radius 2 is 2.00 bits per heavy atom. The van der Waals surface area contributed by atoms with Crippen LogP contribution < -0.4 is 11.5 Å². The number of benzene rings is 1. The second-order valence-corrected chi connectivity index (χ2v) is 4.83. The van der Waals surface area contributed by atoms with Crippen molar-refractivity contribution in [3.63, 3.8) is 0 Å². The van der Waals surface area contributed by atoms with Crippen molar-refractivity contribution in [3.8, 4) is 0 Å². The SMILES string of the molecule is C=C(O)/C=C\C(Cl)=C\c1c(N)c(C(N)=O)cc2nccnc12. The molecule has 7 heteroatoms. The second-order valence-electron chi connectivity index (χ2n) is 4.39. The smallest absolute Gasteiger partial charge is 0.250 e. The van der Waals surface area contributed by atoms with E-state index in [4.69, 9.17) is 28.2 Å². The van der Waals surface area contributed by atoms with Gasteiger partial charge in [-0.1, -0.05) is 18.2 Å². The predicted molar refractivity (Wildman–Crippen MR) is 87.2 cm³/mol. The molecule has 0 saturated carbocycles. The van der Waals surface area contributed by atoms with Gasteiger partial charge < -0.3 is 16.6 Å². The third kappa shape index (κ3) is 3.24. The molecule has 0 unspecified atom stereocenters. The van der Waals surface area contributed by atoms with Gasteiger partial charge in [-0.25, -0.2) is 0 Å². The molecule has 112 valence electrons. The maximum atomic E-state index is 11.5. The Morgan fingerprint density at radius 1 is 1.32 bits per heavy atom. The molecule has 2 aromatic rings. The highest BCUT2D eigenvalue weighted by atomic mass is 35.5. The zero-order valence-corrected chi connectivity index (χ0v) is 12.2. The molecule has 1 heterocycles. The molecule has 1 aromatic carbocycles. The minimum Gasteiger partial charge on any atom is -0.509 e. The number of carbonyl (C=O) groups is 1. The summed E-state index contributed by atoms with van der Waals surface area (Å²) < 4.78 is 0. The molecule has 0 aliphatic heterocycles. The van der Waals surface area contributed by atoms with Crippen LogP contribution in [0.4, 0.5) is 5.69 Å². The van der Waals surface area contributed by atoms with Gasteiger partial charge in [-0.05, 0) is 24.3 Å².